The second kappa shape index (κ2) is 13.2. The molecule has 7 nitrogen and oxygen atoms in total. The normalized spacial score (nSPS) is 12.3. The lowest BCUT2D eigenvalue weighted by atomic mass is 9.98. The number of benzene rings is 4. The van der Waals surface area contributed by atoms with Crippen LogP contribution in [0.5, 0.6) is 11.5 Å². The maximum atomic E-state index is 13.7. The first-order valence-electron chi connectivity index (χ1n) is 14.1. The fourth-order valence-corrected chi connectivity index (χ4v) is 4.98. The maximum absolute atomic E-state index is 13.7. The second-order valence-corrected chi connectivity index (χ2v) is 11.3. The molecule has 0 fully saturated rings. The SMILES string of the molecule is Cc1noc([C@@H](Cc2ccc(-c3ccc(F)c(Cl)c3)cc2)NC(=O)c2cc(-c3ccc(C(F)(F)F)cc3)c(OC(C)C)cc2O)n1. The zero-order valence-electron chi connectivity index (χ0n) is 24.8. The highest BCUT2D eigenvalue weighted by Gasteiger charge is 2.30. The van der Waals surface area contributed by atoms with Crippen LogP contribution in [-0.2, 0) is 12.6 Å². The van der Waals surface area contributed by atoms with Gasteiger partial charge >= 0.3 is 6.18 Å². The molecule has 1 aromatic heterocycles. The fourth-order valence-electron chi connectivity index (χ4n) is 4.80. The molecule has 5 aromatic rings. The topological polar surface area (TPSA) is 97.5 Å². The number of phenolic OH excluding ortho intramolecular Hbond substituents is 1. The van der Waals surface area contributed by atoms with Gasteiger partial charge in [0.25, 0.3) is 5.91 Å². The predicted molar refractivity (Wildman–Crippen MR) is 164 cm³/mol. The molecule has 0 saturated carbocycles. The van der Waals surface area contributed by atoms with Crippen LogP contribution in [0.3, 0.4) is 0 Å². The van der Waals surface area contributed by atoms with E-state index in [0.717, 1.165) is 28.8 Å². The van der Waals surface area contributed by atoms with Crippen LogP contribution in [0.25, 0.3) is 22.3 Å². The first-order chi connectivity index (χ1) is 21.8. The Morgan fingerprint density at radius 3 is 2.22 bits per heavy atom. The van der Waals surface area contributed by atoms with Gasteiger partial charge in [-0.15, -0.1) is 0 Å². The van der Waals surface area contributed by atoms with E-state index in [1.165, 1.54) is 36.4 Å². The summed E-state index contributed by atoms with van der Waals surface area (Å²) < 4.78 is 64.4. The highest BCUT2D eigenvalue weighted by Crippen LogP contribution is 2.38. The van der Waals surface area contributed by atoms with Crippen LogP contribution in [0.4, 0.5) is 17.6 Å². The molecule has 1 heterocycles. The summed E-state index contributed by atoms with van der Waals surface area (Å²) in [5.41, 5.74) is 2.00. The third-order valence-electron chi connectivity index (χ3n) is 7.02. The zero-order valence-corrected chi connectivity index (χ0v) is 25.6. The molecule has 1 atom stereocenters. The molecule has 0 radical (unpaired) electrons. The van der Waals surface area contributed by atoms with Crippen LogP contribution in [0, 0.1) is 12.7 Å². The summed E-state index contributed by atoms with van der Waals surface area (Å²) in [5.74, 6) is -0.944. The van der Waals surface area contributed by atoms with E-state index in [1.54, 1.807) is 26.8 Å². The number of phenols is 1. The van der Waals surface area contributed by atoms with Gasteiger partial charge in [-0.05, 0) is 73.4 Å². The number of nitrogens with one attached hydrogen (secondary N) is 1. The fraction of sp³-hybridized carbons (Fsp3) is 0.206. The van der Waals surface area contributed by atoms with Crippen molar-refractivity contribution in [3.05, 3.63) is 118 Å². The van der Waals surface area contributed by atoms with E-state index in [0.29, 0.717) is 17.0 Å². The molecule has 0 unspecified atom stereocenters. The molecule has 1 amide bonds. The third-order valence-corrected chi connectivity index (χ3v) is 7.31. The molecule has 0 spiro atoms. The number of halogens is 5. The number of aryl methyl sites for hydroxylation is 1. The van der Waals surface area contributed by atoms with E-state index >= 15 is 0 Å². The average molecular weight is 654 g/mol. The number of ether oxygens (including phenoxy) is 1. The molecule has 0 saturated heterocycles. The molecule has 238 valence electrons. The van der Waals surface area contributed by atoms with Gasteiger partial charge < -0.3 is 19.7 Å². The summed E-state index contributed by atoms with van der Waals surface area (Å²) in [6, 6.07) is 18.0. The molecule has 0 bridgehead atoms. The minimum Gasteiger partial charge on any atom is -0.507 e. The minimum absolute atomic E-state index is 0.00431. The third kappa shape index (κ3) is 7.48. The van der Waals surface area contributed by atoms with Crippen molar-refractivity contribution < 1.29 is 36.7 Å². The first-order valence-corrected chi connectivity index (χ1v) is 14.5. The number of nitrogens with zero attached hydrogens (tertiary/aromatic N) is 2. The smallest absolute Gasteiger partial charge is 0.416 e. The predicted octanol–water partition coefficient (Wildman–Crippen LogP) is 8.73. The lowest BCUT2D eigenvalue weighted by Crippen LogP contribution is -2.30. The average Bonchev–Trinajstić information content (AvgIpc) is 3.44. The van der Waals surface area contributed by atoms with Crippen molar-refractivity contribution in [1.82, 2.24) is 15.5 Å². The van der Waals surface area contributed by atoms with Crippen LogP contribution in [0.1, 0.15) is 53.1 Å². The number of hydrogen-bond acceptors (Lipinski definition) is 6. The zero-order chi connectivity index (χ0) is 33.2. The quantitative estimate of drug-likeness (QED) is 0.154. The Bertz CT molecular complexity index is 1860. The van der Waals surface area contributed by atoms with Crippen molar-refractivity contribution in [2.24, 2.45) is 0 Å². The molecule has 12 heteroatoms. The largest absolute Gasteiger partial charge is 0.507 e. The molecular weight excluding hydrogens is 626 g/mol. The van der Waals surface area contributed by atoms with E-state index in [1.807, 2.05) is 24.3 Å². The van der Waals surface area contributed by atoms with Crippen molar-refractivity contribution in [3.8, 4) is 33.8 Å². The Morgan fingerprint density at radius 1 is 0.978 bits per heavy atom. The van der Waals surface area contributed by atoms with Gasteiger partial charge in [-0.3, -0.25) is 4.79 Å². The monoisotopic (exact) mass is 653 g/mol. The Labute approximate surface area is 266 Å². The number of carbonyl (C=O) groups excluding carboxylic acids is 1. The number of aromatic nitrogens is 2. The van der Waals surface area contributed by atoms with E-state index in [-0.39, 0.29) is 34.8 Å². The van der Waals surface area contributed by atoms with Gasteiger partial charge in [0.05, 0.1) is 22.3 Å². The van der Waals surface area contributed by atoms with Crippen LogP contribution < -0.4 is 10.1 Å². The van der Waals surface area contributed by atoms with E-state index in [9.17, 15) is 27.5 Å². The van der Waals surface area contributed by atoms with Crippen LogP contribution in [0.2, 0.25) is 5.02 Å². The van der Waals surface area contributed by atoms with Gasteiger partial charge in [0.2, 0.25) is 5.89 Å². The molecule has 5 rings (SSSR count). The Balaban J connectivity index is 1.45. The Kier molecular flexibility index (Phi) is 9.34. The van der Waals surface area contributed by atoms with Gasteiger partial charge in [0, 0.05) is 18.1 Å². The van der Waals surface area contributed by atoms with Crippen molar-refractivity contribution in [2.75, 3.05) is 0 Å². The number of hydrogen-bond donors (Lipinski definition) is 2. The number of aromatic hydroxyl groups is 1. The lowest BCUT2D eigenvalue weighted by Gasteiger charge is -2.19. The van der Waals surface area contributed by atoms with Crippen LogP contribution in [-0.4, -0.2) is 27.3 Å². The molecule has 4 aromatic carbocycles. The van der Waals surface area contributed by atoms with Crippen molar-refractivity contribution in [1.29, 1.82) is 0 Å². The molecule has 0 aliphatic carbocycles. The van der Waals surface area contributed by atoms with E-state index in [4.69, 9.17) is 20.9 Å². The summed E-state index contributed by atoms with van der Waals surface area (Å²) in [5, 5.41) is 17.6. The number of rotatable bonds is 9. The molecule has 2 N–H and O–H groups in total. The van der Waals surface area contributed by atoms with Gasteiger partial charge in [-0.2, -0.15) is 18.2 Å². The first kappa shape index (κ1) is 32.5. The molecular formula is C34H28ClF4N3O4. The molecule has 0 aliphatic rings. The Morgan fingerprint density at radius 2 is 1.63 bits per heavy atom. The Hall–Kier alpha value is -4.90. The molecule has 0 aliphatic heterocycles. The summed E-state index contributed by atoms with van der Waals surface area (Å²) in [7, 11) is 0. The summed E-state index contributed by atoms with van der Waals surface area (Å²) >= 11 is 5.94. The van der Waals surface area contributed by atoms with E-state index < -0.39 is 35.3 Å². The van der Waals surface area contributed by atoms with Gasteiger partial charge in [-0.1, -0.05) is 59.2 Å². The van der Waals surface area contributed by atoms with Gasteiger partial charge in [-0.25, -0.2) is 4.39 Å². The number of amides is 1. The highest BCUT2D eigenvalue weighted by molar-refractivity contribution is 6.31. The standard InChI is InChI=1S/C34H28ClF4N3O4/c1-18(2)45-31-17-30(43)26(16-25(31)22-8-11-24(12-9-22)34(37,38)39)32(44)41-29(33-40-19(3)42-46-33)14-20-4-6-21(7-5-20)23-10-13-28(36)27(35)15-23/h4-13,15-18,29,43H,14H2,1-3H3,(H,41,44)/t29-/m1/s1. The number of carbonyl (C=O) groups is 1. The van der Waals surface area contributed by atoms with Crippen LogP contribution >= 0.6 is 11.6 Å². The van der Waals surface area contributed by atoms with Gasteiger partial charge in [0.15, 0.2) is 5.82 Å². The van der Waals surface area contributed by atoms with Crippen LogP contribution in [0.15, 0.2) is 83.4 Å². The van der Waals surface area contributed by atoms with E-state index in [2.05, 4.69) is 15.5 Å². The minimum atomic E-state index is -4.52. The second-order valence-electron chi connectivity index (χ2n) is 10.8. The highest BCUT2D eigenvalue weighted by atomic mass is 35.5. The maximum Gasteiger partial charge on any atom is 0.416 e. The van der Waals surface area contributed by atoms with Gasteiger partial charge in [0.1, 0.15) is 23.4 Å². The molecule has 46 heavy (non-hydrogen) atoms. The summed E-state index contributed by atoms with van der Waals surface area (Å²) in [6.07, 6.45) is -4.63. The summed E-state index contributed by atoms with van der Waals surface area (Å²) in [6.45, 7) is 5.14. The van der Waals surface area contributed by atoms with Crippen molar-refractivity contribution >= 4 is 17.5 Å². The summed E-state index contributed by atoms with van der Waals surface area (Å²) in [4.78, 5) is 17.9. The van der Waals surface area contributed by atoms with Crippen molar-refractivity contribution in [3.63, 3.8) is 0 Å². The number of alkyl halides is 3. The van der Waals surface area contributed by atoms with Crippen molar-refractivity contribution in [2.45, 2.75) is 45.5 Å². The lowest BCUT2D eigenvalue weighted by molar-refractivity contribution is -0.137.